The Bertz CT molecular complexity index is 327. The third-order valence-electron chi connectivity index (χ3n) is 2.67. The molecule has 0 N–H and O–H groups in total. The molecule has 1 aromatic rings. The van der Waals surface area contributed by atoms with Gasteiger partial charge in [-0.2, -0.15) is 0 Å². The van der Waals surface area contributed by atoms with Gasteiger partial charge in [0, 0.05) is 12.0 Å². The first-order valence-electron chi connectivity index (χ1n) is 5.90. The number of nitrogens with zero attached hydrogens (tertiary/aromatic N) is 1. The van der Waals surface area contributed by atoms with Crippen molar-refractivity contribution in [3.63, 3.8) is 0 Å². The minimum atomic E-state index is 0.222. The van der Waals surface area contributed by atoms with Gasteiger partial charge in [-0.3, -0.25) is 4.79 Å². The van der Waals surface area contributed by atoms with E-state index in [1.165, 1.54) is 5.56 Å². The Hall–Kier alpha value is -1.15. The van der Waals surface area contributed by atoms with E-state index in [-0.39, 0.29) is 5.78 Å². The SMILES string of the molecule is CCC(=O)c1ccc(CCCN(C)C)cc1. The molecular weight excluding hydrogens is 198 g/mol. The molecule has 88 valence electrons. The van der Waals surface area contributed by atoms with Crippen LogP contribution in [0.5, 0.6) is 0 Å². The smallest absolute Gasteiger partial charge is 0.162 e. The van der Waals surface area contributed by atoms with Gasteiger partial charge in [0.25, 0.3) is 0 Å². The largest absolute Gasteiger partial charge is 0.309 e. The summed E-state index contributed by atoms with van der Waals surface area (Å²) in [4.78, 5) is 13.6. The van der Waals surface area contributed by atoms with E-state index in [0.29, 0.717) is 6.42 Å². The predicted octanol–water partition coefficient (Wildman–Crippen LogP) is 2.77. The number of hydrogen-bond acceptors (Lipinski definition) is 2. The average Bonchev–Trinajstić information content (AvgIpc) is 2.28. The van der Waals surface area contributed by atoms with Crippen LogP contribution >= 0.6 is 0 Å². The van der Waals surface area contributed by atoms with Crippen LogP contribution in [0.1, 0.15) is 35.7 Å². The monoisotopic (exact) mass is 219 g/mol. The molecule has 0 heterocycles. The molecule has 0 saturated carbocycles. The fraction of sp³-hybridized carbons (Fsp3) is 0.500. The van der Waals surface area contributed by atoms with Crippen LogP contribution in [-0.4, -0.2) is 31.3 Å². The summed E-state index contributed by atoms with van der Waals surface area (Å²) in [5.41, 5.74) is 2.15. The highest BCUT2D eigenvalue weighted by molar-refractivity contribution is 5.95. The summed E-state index contributed by atoms with van der Waals surface area (Å²) in [6.07, 6.45) is 2.83. The summed E-state index contributed by atoms with van der Waals surface area (Å²) in [6, 6.07) is 8.02. The van der Waals surface area contributed by atoms with Gasteiger partial charge in [-0.25, -0.2) is 0 Å². The molecule has 0 fully saturated rings. The van der Waals surface area contributed by atoms with Crippen LogP contribution in [0.2, 0.25) is 0 Å². The summed E-state index contributed by atoms with van der Waals surface area (Å²) in [5.74, 6) is 0.222. The first-order chi connectivity index (χ1) is 7.63. The van der Waals surface area contributed by atoms with Gasteiger partial charge < -0.3 is 4.90 Å². The summed E-state index contributed by atoms with van der Waals surface area (Å²) in [6.45, 7) is 3.00. The van der Waals surface area contributed by atoms with E-state index < -0.39 is 0 Å². The summed E-state index contributed by atoms with van der Waals surface area (Å²) < 4.78 is 0. The van der Waals surface area contributed by atoms with Gasteiger partial charge >= 0.3 is 0 Å². The van der Waals surface area contributed by atoms with Crippen LogP contribution in [0.15, 0.2) is 24.3 Å². The van der Waals surface area contributed by atoms with E-state index in [1.807, 2.05) is 19.1 Å². The zero-order valence-corrected chi connectivity index (χ0v) is 10.5. The van der Waals surface area contributed by atoms with Crippen molar-refractivity contribution in [1.82, 2.24) is 4.90 Å². The Morgan fingerprint density at radius 2 is 1.81 bits per heavy atom. The van der Waals surface area contributed by atoms with Crippen LogP contribution in [0.4, 0.5) is 0 Å². The van der Waals surface area contributed by atoms with E-state index in [2.05, 4.69) is 31.1 Å². The molecule has 2 nitrogen and oxygen atoms in total. The predicted molar refractivity (Wildman–Crippen MR) is 67.9 cm³/mol. The highest BCUT2D eigenvalue weighted by atomic mass is 16.1. The highest BCUT2D eigenvalue weighted by Crippen LogP contribution is 2.08. The van der Waals surface area contributed by atoms with Crippen molar-refractivity contribution in [2.24, 2.45) is 0 Å². The molecule has 16 heavy (non-hydrogen) atoms. The lowest BCUT2D eigenvalue weighted by atomic mass is 10.0. The summed E-state index contributed by atoms with van der Waals surface area (Å²) in [5, 5.41) is 0. The second-order valence-electron chi connectivity index (χ2n) is 4.38. The van der Waals surface area contributed by atoms with Gasteiger partial charge in [0.15, 0.2) is 5.78 Å². The van der Waals surface area contributed by atoms with Crippen LogP contribution in [-0.2, 0) is 6.42 Å². The molecule has 0 radical (unpaired) electrons. The van der Waals surface area contributed by atoms with Gasteiger partial charge in [-0.05, 0) is 39.0 Å². The van der Waals surface area contributed by atoms with Crippen molar-refractivity contribution < 1.29 is 4.79 Å². The average molecular weight is 219 g/mol. The summed E-state index contributed by atoms with van der Waals surface area (Å²) >= 11 is 0. The molecular formula is C14H21NO. The van der Waals surface area contributed by atoms with E-state index in [0.717, 1.165) is 24.9 Å². The Kier molecular flexibility index (Phi) is 5.20. The quantitative estimate of drug-likeness (QED) is 0.686. The number of carbonyl (C=O) groups is 1. The molecule has 0 bridgehead atoms. The number of aryl methyl sites for hydroxylation is 1. The third-order valence-corrected chi connectivity index (χ3v) is 2.67. The normalized spacial score (nSPS) is 10.8. The van der Waals surface area contributed by atoms with E-state index in [9.17, 15) is 4.79 Å². The number of ketones is 1. The van der Waals surface area contributed by atoms with E-state index >= 15 is 0 Å². The maximum atomic E-state index is 11.4. The zero-order chi connectivity index (χ0) is 12.0. The first kappa shape index (κ1) is 12.9. The molecule has 0 aliphatic rings. The van der Waals surface area contributed by atoms with Gasteiger partial charge in [0.05, 0.1) is 0 Å². The first-order valence-corrected chi connectivity index (χ1v) is 5.90. The molecule has 0 aromatic heterocycles. The molecule has 1 rings (SSSR count). The van der Waals surface area contributed by atoms with Crippen molar-refractivity contribution in [2.45, 2.75) is 26.2 Å². The van der Waals surface area contributed by atoms with Gasteiger partial charge in [0.2, 0.25) is 0 Å². The van der Waals surface area contributed by atoms with Crippen LogP contribution in [0, 0.1) is 0 Å². The second kappa shape index (κ2) is 6.44. The number of rotatable bonds is 6. The standard InChI is InChI=1S/C14H21NO/c1-4-14(16)13-9-7-12(8-10-13)6-5-11-15(2)3/h7-10H,4-6,11H2,1-3H3. The molecule has 0 aliphatic carbocycles. The molecule has 2 heteroatoms. The lowest BCUT2D eigenvalue weighted by Crippen LogP contribution is -2.13. The molecule has 0 aliphatic heterocycles. The van der Waals surface area contributed by atoms with Crippen LogP contribution in [0.25, 0.3) is 0 Å². The van der Waals surface area contributed by atoms with Gasteiger partial charge in [0.1, 0.15) is 0 Å². The second-order valence-corrected chi connectivity index (χ2v) is 4.38. The number of benzene rings is 1. The number of Topliss-reactive ketones (excluding diaryl/α,β-unsaturated/α-hetero) is 1. The minimum Gasteiger partial charge on any atom is -0.309 e. The highest BCUT2D eigenvalue weighted by Gasteiger charge is 2.02. The number of hydrogen-bond donors (Lipinski definition) is 0. The van der Waals surface area contributed by atoms with Crippen molar-refractivity contribution in [1.29, 1.82) is 0 Å². The van der Waals surface area contributed by atoms with Crippen molar-refractivity contribution >= 4 is 5.78 Å². The minimum absolute atomic E-state index is 0.222. The zero-order valence-electron chi connectivity index (χ0n) is 10.5. The lowest BCUT2D eigenvalue weighted by Gasteiger charge is -2.09. The Balaban J connectivity index is 2.48. The van der Waals surface area contributed by atoms with Crippen LogP contribution < -0.4 is 0 Å². The molecule has 1 aromatic carbocycles. The molecule has 0 atom stereocenters. The topological polar surface area (TPSA) is 20.3 Å². The fourth-order valence-electron chi connectivity index (χ4n) is 1.66. The fourth-order valence-corrected chi connectivity index (χ4v) is 1.66. The maximum Gasteiger partial charge on any atom is 0.162 e. The van der Waals surface area contributed by atoms with Crippen molar-refractivity contribution in [2.75, 3.05) is 20.6 Å². The van der Waals surface area contributed by atoms with Crippen molar-refractivity contribution in [3.05, 3.63) is 35.4 Å². The summed E-state index contributed by atoms with van der Waals surface area (Å²) in [7, 11) is 4.17. The molecule has 0 saturated heterocycles. The Morgan fingerprint density at radius 3 is 2.31 bits per heavy atom. The molecule has 0 unspecified atom stereocenters. The van der Waals surface area contributed by atoms with Crippen molar-refractivity contribution in [3.8, 4) is 0 Å². The van der Waals surface area contributed by atoms with Gasteiger partial charge in [-0.1, -0.05) is 31.2 Å². The van der Waals surface area contributed by atoms with E-state index in [4.69, 9.17) is 0 Å². The number of carbonyl (C=O) groups excluding carboxylic acids is 1. The Morgan fingerprint density at radius 1 is 1.19 bits per heavy atom. The lowest BCUT2D eigenvalue weighted by molar-refractivity contribution is 0.0988. The van der Waals surface area contributed by atoms with Crippen LogP contribution in [0.3, 0.4) is 0 Å². The Labute approximate surface area is 98.3 Å². The maximum absolute atomic E-state index is 11.4. The van der Waals surface area contributed by atoms with Gasteiger partial charge in [-0.15, -0.1) is 0 Å². The molecule has 0 spiro atoms. The van der Waals surface area contributed by atoms with E-state index in [1.54, 1.807) is 0 Å². The third kappa shape index (κ3) is 4.15. The molecule has 0 amide bonds.